The summed E-state index contributed by atoms with van der Waals surface area (Å²) in [6, 6.07) is 4.24. The molecular formula is C14H20N2O2S. The van der Waals surface area contributed by atoms with Gasteiger partial charge in [-0.25, -0.2) is 4.98 Å². The molecule has 2 heterocycles. The molecule has 0 aliphatic carbocycles. The molecule has 19 heavy (non-hydrogen) atoms. The molecule has 0 spiro atoms. The summed E-state index contributed by atoms with van der Waals surface area (Å²) in [5, 5.41) is 11.9. The first kappa shape index (κ1) is 14.2. The van der Waals surface area contributed by atoms with Gasteiger partial charge in [-0.1, -0.05) is 0 Å². The molecule has 0 saturated carbocycles. The van der Waals surface area contributed by atoms with Gasteiger partial charge in [-0.2, -0.15) is 0 Å². The maximum Gasteiger partial charge on any atom is 0.162 e. The third-order valence-electron chi connectivity index (χ3n) is 2.98. The van der Waals surface area contributed by atoms with Gasteiger partial charge in [-0.15, -0.1) is 11.3 Å². The number of nitrogens with zero attached hydrogens (tertiary/aromatic N) is 2. The summed E-state index contributed by atoms with van der Waals surface area (Å²) in [6.07, 6.45) is 2.46. The number of hydrogen-bond donors (Lipinski definition) is 1. The Kier molecular flexibility index (Phi) is 5.13. The number of hydrogen-bond acceptors (Lipinski definition) is 5. The molecule has 0 saturated heterocycles. The van der Waals surface area contributed by atoms with Crippen molar-refractivity contribution in [3.05, 3.63) is 29.5 Å². The Morgan fingerprint density at radius 2 is 2.32 bits per heavy atom. The molecule has 0 radical (unpaired) electrons. The van der Waals surface area contributed by atoms with Crippen molar-refractivity contribution in [2.45, 2.75) is 32.9 Å². The second-order valence-electron chi connectivity index (χ2n) is 4.76. The fourth-order valence-electron chi connectivity index (χ4n) is 1.89. The lowest BCUT2D eigenvalue weighted by Gasteiger charge is -2.25. The van der Waals surface area contributed by atoms with Crippen molar-refractivity contribution in [2.24, 2.45) is 0 Å². The van der Waals surface area contributed by atoms with E-state index in [0.717, 1.165) is 36.0 Å². The lowest BCUT2D eigenvalue weighted by molar-refractivity contribution is 0.183. The molecule has 104 valence electrons. The van der Waals surface area contributed by atoms with Gasteiger partial charge in [0.25, 0.3) is 0 Å². The van der Waals surface area contributed by atoms with E-state index in [9.17, 15) is 0 Å². The number of aromatic nitrogens is 1. The third-order valence-corrected chi connectivity index (χ3v) is 3.89. The minimum absolute atomic E-state index is 0.234. The average molecular weight is 280 g/mol. The molecular weight excluding hydrogens is 260 g/mol. The molecule has 0 aliphatic heterocycles. The molecule has 0 amide bonds. The molecule has 2 aromatic heterocycles. The summed E-state index contributed by atoms with van der Waals surface area (Å²) < 4.78 is 5.35. The summed E-state index contributed by atoms with van der Waals surface area (Å²) in [6.45, 7) is 6.27. The maximum atomic E-state index is 8.94. The second-order valence-corrected chi connectivity index (χ2v) is 5.62. The van der Waals surface area contributed by atoms with Gasteiger partial charge in [0, 0.05) is 31.1 Å². The Morgan fingerprint density at radius 3 is 2.95 bits per heavy atom. The van der Waals surface area contributed by atoms with E-state index in [0.29, 0.717) is 6.04 Å². The predicted octanol–water partition coefficient (Wildman–Crippen LogP) is 3.00. The third kappa shape index (κ3) is 3.89. The molecule has 4 nitrogen and oxygen atoms in total. The Labute approximate surface area is 117 Å². The fourth-order valence-corrected chi connectivity index (χ4v) is 2.67. The Balaban J connectivity index is 2.01. The summed E-state index contributed by atoms with van der Waals surface area (Å²) in [4.78, 5) is 6.92. The molecule has 1 N–H and O–H groups in total. The maximum absolute atomic E-state index is 8.94. The van der Waals surface area contributed by atoms with Crippen molar-refractivity contribution in [3.8, 4) is 10.8 Å². The first-order valence-corrected chi connectivity index (χ1v) is 7.42. The largest absolute Gasteiger partial charge is 0.462 e. The highest BCUT2D eigenvalue weighted by molar-refractivity contribution is 7.13. The molecule has 0 aromatic carbocycles. The zero-order valence-corrected chi connectivity index (χ0v) is 12.2. The van der Waals surface area contributed by atoms with Gasteiger partial charge in [0.15, 0.2) is 10.8 Å². The zero-order valence-electron chi connectivity index (χ0n) is 11.4. The van der Waals surface area contributed by atoms with Crippen LogP contribution in [0.4, 0.5) is 0 Å². The van der Waals surface area contributed by atoms with Crippen molar-refractivity contribution in [2.75, 3.05) is 13.2 Å². The SMILES string of the molecule is CC(C)N(CCCO)Cc1csc(-c2ccco2)n1. The molecule has 2 aromatic rings. The van der Waals surface area contributed by atoms with Gasteiger partial charge in [0.2, 0.25) is 0 Å². The van der Waals surface area contributed by atoms with E-state index in [1.807, 2.05) is 12.1 Å². The van der Waals surface area contributed by atoms with Crippen LogP contribution in [0.25, 0.3) is 10.8 Å². The van der Waals surface area contributed by atoms with E-state index in [1.165, 1.54) is 0 Å². The van der Waals surface area contributed by atoms with Crippen LogP contribution in [0.5, 0.6) is 0 Å². The minimum Gasteiger partial charge on any atom is -0.462 e. The average Bonchev–Trinajstić information content (AvgIpc) is 3.04. The van der Waals surface area contributed by atoms with Crippen LogP contribution < -0.4 is 0 Å². The van der Waals surface area contributed by atoms with Crippen LogP contribution in [0.2, 0.25) is 0 Å². The molecule has 2 rings (SSSR count). The van der Waals surface area contributed by atoms with Crippen LogP contribution in [-0.4, -0.2) is 34.2 Å². The standard InChI is InChI=1S/C14H20N2O2S/c1-11(2)16(6-4-7-17)9-12-10-19-14(15-12)13-5-3-8-18-13/h3,5,8,10-11,17H,4,6-7,9H2,1-2H3. The first-order chi connectivity index (χ1) is 9.20. The highest BCUT2D eigenvalue weighted by atomic mass is 32.1. The van der Waals surface area contributed by atoms with Gasteiger partial charge in [-0.05, 0) is 32.4 Å². The monoisotopic (exact) mass is 280 g/mol. The Morgan fingerprint density at radius 1 is 1.47 bits per heavy atom. The van der Waals surface area contributed by atoms with Gasteiger partial charge >= 0.3 is 0 Å². The van der Waals surface area contributed by atoms with Crippen molar-refractivity contribution in [3.63, 3.8) is 0 Å². The van der Waals surface area contributed by atoms with Crippen LogP contribution in [0.15, 0.2) is 28.2 Å². The highest BCUT2D eigenvalue weighted by Crippen LogP contribution is 2.24. The smallest absolute Gasteiger partial charge is 0.162 e. The minimum atomic E-state index is 0.234. The lowest BCUT2D eigenvalue weighted by Crippen LogP contribution is -2.31. The summed E-state index contributed by atoms with van der Waals surface area (Å²) >= 11 is 1.60. The van der Waals surface area contributed by atoms with Crippen molar-refractivity contribution in [1.82, 2.24) is 9.88 Å². The highest BCUT2D eigenvalue weighted by Gasteiger charge is 2.13. The van der Waals surface area contributed by atoms with E-state index < -0.39 is 0 Å². The van der Waals surface area contributed by atoms with Crippen LogP contribution in [-0.2, 0) is 6.54 Å². The first-order valence-electron chi connectivity index (χ1n) is 6.54. The van der Waals surface area contributed by atoms with Crippen LogP contribution in [0.3, 0.4) is 0 Å². The Hall–Kier alpha value is -1.17. The van der Waals surface area contributed by atoms with E-state index in [1.54, 1.807) is 17.6 Å². The molecule has 0 bridgehead atoms. The summed E-state index contributed by atoms with van der Waals surface area (Å²) in [5.74, 6) is 0.822. The second kappa shape index (κ2) is 6.84. The predicted molar refractivity (Wildman–Crippen MR) is 77.1 cm³/mol. The lowest BCUT2D eigenvalue weighted by atomic mass is 10.2. The topological polar surface area (TPSA) is 49.5 Å². The molecule has 0 atom stereocenters. The Bertz CT molecular complexity index is 479. The van der Waals surface area contributed by atoms with E-state index >= 15 is 0 Å². The van der Waals surface area contributed by atoms with E-state index in [2.05, 4.69) is 29.1 Å². The van der Waals surface area contributed by atoms with Crippen molar-refractivity contribution >= 4 is 11.3 Å². The van der Waals surface area contributed by atoms with Crippen LogP contribution in [0.1, 0.15) is 26.0 Å². The zero-order chi connectivity index (χ0) is 13.7. The van der Waals surface area contributed by atoms with Gasteiger partial charge in [-0.3, -0.25) is 4.90 Å². The van der Waals surface area contributed by atoms with Crippen LogP contribution >= 0.6 is 11.3 Å². The summed E-state index contributed by atoms with van der Waals surface area (Å²) in [5.41, 5.74) is 1.06. The van der Waals surface area contributed by atoms with Gasteiger partial charge in [0.05, 0.1) is 12.0 Å². The van der Waals surface area contributed by atoms with Crippen molar-refractivity contribution in [1.29, 1.82) is 0 Å². The van der Waals surface area contributed by atoms with Gasteiger partial charge in [0.1, 0.15) is 0 Å². The quantitative estimate of drug-likeness (QED) is 0.847. The molecule has 0 aliphatic rings. The molecule has 0 unspecified atom stereocenters. The number of rotatable bonds is 7. The van der Waals surface area contributed by atoms with E-state index in [-0.39, 0.29) is 6.61 Å². The number of thiazole rings is 1. The molecule has 0 fully saturated rings. The van der Waals surface area contributed by atoms with E-state index in [4.69, 9.17) is 9.52 Å². The van der Waals surface area contributed by atoms with Gasteiger partial charge < -0.3 is 9.52 Å². The fraction of sp³-hybridized carbons (Fsp3) is 0.500. The number of furan rings is 1. The number of aliphatic hydroxyl groups excluding tert-OH is 1. The number of aliphatic hydroxyl groups is 1. The van der Waals surface area contributed by atoms with Crippen LogP contribution in [0, 0.1) is 0 Å². The molecule has 5 heteroatoms. The summed E-state index contributed by atoms with van der Waals surface area (Å²) in [7, 11) is 0. The van der Waals surface area contributed by atoms with Crippen molar-refractivity contribution < 1.29 is 9.52 Å². The normalized spacial score (nSPS) is 11.6.